The fourth-order valence-corrected chi connectivity index (χ4v) is 3.49. The lowest BCUT2D eigenvalue weighted by molar-refractivity contribution is 0.400. The van der Waals surface area contributed by atoms with Gasteiger partial charge in [0.05, 0.1) is 12.0 Å². The maximum Gasteiger partial charge on any atom is 0.240 e. The summed E-state index contributed by atoms with van der Waals surface area (Å²) in [6.45, 7) is 1.16. The van der Waals surface area contributed by atoms with Crippen LogP contribution in [0.4, 0.5) is 4.39 Å². The number of methoxy groups -OCH3 is 1. The van der Waals surface area contributed by atoms with Gasteiger partial charge < -0.3 is 9.64 Å². The smallest absolute Gasteiger partial charge is 0.240 e. The average Bonchev–Trinajstić information content (AvgIpc) is 2.58. The van der Waals surface area contributed by atoms with Crippen LogP contribution in [0, 0.1) is 5.82 Å². The number of halogens is 1. The van der Waals surface area contributed by atoms with Gasteiger partial charge in [-0.2, -0.15) is 0 Å². The summed E-state index contributed by atoms with van der Waals surface area (Å²) in [6.07, 6.45) is 0.715. The molecule has 0 amide bonds. The van der Waals surface area contributed by atoms with E-state index in [4.69, 9.17) is 4.74 Å². The van der Waals surface area contributed by atoms with Crippen LogP contribution in [0.25, 0.3) is 11.1 Å². The van der Waals surface area contributed by atoms with E-state index in [2.05, 4.69) is 4.72 Å². The second-order valence-electron chi connectivity index (χ2n) is 5.96. The summed E-state index contributed by atoms with van der Waals surface area (Å²) in [5.41, 5.74) is 1.16. The summed E-state index contributed by atoms with van der Waals surface area (Å²) in [4.78, 5) is 2.14. The molecule has 7 heteroatoms. The quantitative estimate of drug-likeness (QED) is 0.730. The molecule has 5 nitrogen and oxygen atoms in total. The number of ether oxygens (including phenoxy) is 1. The first kappa shape index (κ1) is 19.4. The molecule has 0 atom stereocenters. The van der Waals surface area contributed by atoms with Gasteiger partial charge in [-0.05, 0) is 62.5 Å². The lowest BCUT2D eigenvalue weighted by atomic mass is 10.1. The predicted molar refractivity (Wildman–Crippen MR) is 96.7 cm³/mol. The Labute approximate surface area is 148 Å². The molecule has 0 unspecified atom stereocenters. The van der Waals surface area contributed by atoms with Crippen LogP contribution in [0.5, 0.6) is 5.75 Å². The van der Waals surface area contributed by atoms with Crippen LogP contribution in [-0.4, -0.2) is 47.6 Å². The molecule has 2 aromatic carbocycles. The van der Waals surface area contributed by atoms with E-state index in [0.717, 1.165) is 6.54 Å². The summed E-state index contributed by atoms with van der Waals surface area (Å²) in [5, 5.41) is 0. The fraction of sp³-hybridized carbons (Fsp3) is 0.333. The molecule has 0 heterocycles. The van der Waals surface area contributed by atoms with Gasteiger partial charge in [0, 0.05) is 12.6 Å². The lowest BCUT2D eigenvalue weighted by Crippen LogP contribution is -2.27. The van der Waals surface area contributed by atoms with E-state index >= 15 is 0 Å². The van der Waals surface area contributed by atoms with Crippen LogP contribution in [0.2, 0.25) is 0 Å². The average molecular weight is 366 g/mol. The van der Waals surface area contributed by atoms with Crippen LogP contribution < -0.4 is 9.46 Å². The number of sulfonamides is 1. The standard InChI is InChI=1S/C18H23FN2O3S/c1-21(2)9-5-8-20-25(22,23)18-7-4-6-14(12-18)15-10-16(19)13-17(11-15)24-3/h4,6-7,10-13,20H,5,8-9H2,1-3H3. The molecule has 2 rings (SSSR count). The van der Waals surface area contributed by atoms with Gasteiger partial charge in [-0.1, -0.05) is 12.1 Å². The van der Waals surface area contributed by atoms with Gasteiger partial charge in [0.2, 0.25) is 10.0 Å². The van der Waals surface area contributed by atoms with E-state index in [1.54, 1.807) is 18.2 Å². The highest BCUT2D eigenvalue weighted by molar-refractivity contribution is 7.89. The van der Waals surface area contributed by atoms with Crippen molar-refractivity contribution in [3.63, 3.8) is 0 Å². The topological polar surface area (TPSA) is 58.6 Å². The summed E-state index contributed by atoms with van der Waals surface area (Å²) in [6, 6.07) is 10.7. The largest absolute Gasteiger partial charge is 0.497 e. The fourth-order valence-electron chi connectivity index (χ4n) is 2.38. The molecule has 0 aliphatic rings. The molecule has 0 fully saturated rings. The van der Waals surface area contributed by atoms with Crippen LogP contribution in [-0.2, 0) is 10.0 Å². The van der Waals surface area contributed by atoms with Crippen molar-refractivity contribution in [2.75, 3.05) is 34.3 Å². The molecule has 2 aromatic rings. The highest BCUT2D eigenvalue weighted by atomic mass is 32.2. The van der Waals surface area contributed by atoms with E-state index in [-0.39, 0.29) is 4.90 Å². The Morgan fingerprint density at radius 2 is 1.88 bits per heavy atom. The third-order valence-electron chi connectivity index (χ3n) is 3.66. The van der Waals surface area contributed by atoms with Gasteiger partial charge in [0.1, 0.15) is 11.6 Å². The molecule has 25 heavy (non-hydrogen) atoms. The zero-order valence-corrected chi connectivity index (χ0v) is 15.4. The van der Waals surface area contributed by atoms with E-state index < -0.39 is 15.8 Å². The van der Waals surface area contributed by atoms with Crippen molar-refractivity contribution in [3.8, 4) is 16.9 Å². The molecule has 0 aliphatic heterocycles. The van der Waals surface area contributed by atoms with Gasteiger partial charge in [-0.3, -0.25) is 0 Å². The van der Waals surface area contributed by atoms with Gasteiger partial charge >= 0.3 is 0 Å². The van der Waals surface area contributed by atoms with Crippen LogP contribution in [0.1, 0.15) is 6.42 Å². The molecule has 0 spiro atoms. The molecule has 0 aromatic heterocycles. The first-order valence-corrected chi connectivity index (χ1v) is 9.39. The van der Waals surface area contributed by atoms with E-state index in [0.29, 0.717) is 29.8 Å². The van der Waals surface area contributed by atoms with Crippen molar-refractivity contribution in [1.82, 2.24) is 9.62 Å². The van der Waals surface area contributed by atoms with Gasteiger partial charge in [0.15, 0.2) is 0 Å². The van der Waals surface area contributed by atoms with Crippen LogP contribution in [0.15, 0.2) is 47.4 Å². The molecule has 0 bridgehead atoms. The summed E-state index contributed by atoms with van der Waals surface area (Å²) >= 11 is 0. The Hall–Kier alpha value is -1.96. The van der Waals surface area contributed by atoms with Crippen molar-refractivity contribution >= 4 is 10.0 Å². The molecule has 0 aliphatic carbocycles. The van der Waals surface area contributed by atoms with E-state index in [9.17, 15) is 12.8 Å². The number of nitrogens with one attached hydrogen (secondary N) is 1. The molecule has 1 N–H and O–H groups in total. The molecule has 0 saturated carbocycles. The van der Waals surface area contributed by atoms with Crippen LogP contribution >= 0.6 is 0 Å². The minimum atomic E-state index is -3.61. The Balaban J connectivity index is 2.22. The predicted octanol–water partition coefficient (Wildman–Crippen LogP) is 2.73. The highest BCUT2D eigenvalue weighted by Crippen LogP contribution is 2.27. The van der Waals surface area contributed by atoms with Gasteiger partial charge in [-0.15, -0.1) is 0 Å². The minimum Gasteiger partial charge on any atom is -0.497 e. The Bertz CT molecular complexity index is 823. The first-order valence-electron chi connectivity index (χ1n) is 7.91. The van der Waals surface area contributed by atoms with E-state index in [1.165, 1.54) is 31.4 Å². The van der Waals surface area contributed by atoms with Crippen molar-refractivity contribution < 1.29 is 17.5 Å². The van der Waals surface area contributed by atoms with Crippen molar-refractivity contribution in [1.29, 1.82) is 0 Å². The van der Waals surface area contributed by atoms with Crippen LogP contribution in [0.3, 0.4) is 0 Å². The maximum atomic E-state index is 13.7. The number of hydrogen-bond donors (Lipinski definition) is 1. The SMILES string of the molecule is COc1cc(F)cc(-c2cccc(S(=O)(=O)NCCCN(C)C)c2)c1. The second kappa shape index (κ2) is 8.42. The van der Waals surface area contributed by atoms with Crippen molar-refractivity contribution in [3.05, 3.63) is 48.3 Å². The number of benzene rings is 2. The first-order chi connectivity index (χ1) is 11.8. The molecule has 0 radical (unpaired) electrons. The Morgan fingerprint density at radius 1 is 1.12 bits per heavy atom. The van der Waals surface area contributed by atoms with Crippen molar-refractivity contribution in [2.24, 2.45) is 0 Å². The zero-order chi connectivity index (χ0) is 18.4. The normalized spacial score (nSPS) is 11.7. The number of nitrogens with zero attached hydrogens (tertiary/aromatic N) is 1. The highest BCUT2D eigenvalue weighted by Gasteiger charge is 2.14. The third-order valence-corrected chi connectivity index (χ3v) is 5.12. The third kappa shape index (κ3) is 5.52. The number of hydrogen-bond acceptors (Lipinski definition) is 4. The lowest BCUT2D eigenvalue weighted by Gasteiger charge is -2.11. The summed E-state index contributed by atoms with van der Waals surface area (Å²) < 4.78 is 46.2. The molecular weight excluding hydrogens is 343 g/mol. The molecular formula is C18H23FN2O3S. The number of rotatable bonds is 8. The summed E-state index contributed by atoms with van der Waals surface area (Å²) in [5.74, 6) is -0.0607. The maximum absolute atomic E-state index is 13.7. The van der Waals surface area contributed by atoms with Crippen molar-refractivity contribution in [2.45, 2.75) is 11.3 Å². The zero-order valence-electron chi connectivity index (χ0n) is 14.6. The monoisotopic (exact) mass is 366 g/mol. The van der Waals surface area contributed by atoms with Gasteiger partial charge in [0.25, 0.3) is 0 Å². The minimum absolute atomic E-state index is 0.151. The van der Waals surface area contributed by atoms with E-state index in [1.807, 2.05) is 19.0 Å². The summed E-state index contributed by atoms with van der Waals surface area (Å²) in [7, 11) is 1.72. The Morgan fingerprint density at radius 3 is 2.56 bits per heavy atom. The Kier molecular flexibility index (Phi) is 6.52. The molecule has 0 saturated heterocycles. The molecule has 136 valence electrons. The second-order valence-corrected chi connectivity index (χ2v) is 7.73. The van der Waals surface area contributed by atoms with Gasteiger partial charge in [-0.25, -0.2) is 17.5 Å².